The number of hydrogen-bond donors (Lipinski definition) is 2. The summed E-state index contributed by atoms with van der Waals surface area (Å²) in [6.07, 6.45) is 2.56. The Labute approximate surface area is 86.9 Å². The number of nitrogens with zero attached hydrogens (tertiary/aromatic N) is 2. The van der Waals surface area contributed by atoms with E-state index in [2.05, 4.69) is 22.7 Å². The molecule has 4 nitrogen and oxygen atoms in total. The van der Waals surface area contributed by atoms with Gasteiger partial charge in [-0.15, -0.1) is 0 Å². The van der Waals surface area contributed by atoms with Gasteiger partial charge in [0.2, 0.25) is 0 Å². The van der Waals surface area contributed by atoms with E-state index in [4.69, 9.17) is 11.0 Å². The maximum atomic E-state index is 8.85. The lowest BCUT2D eigenvalue weighted by molar-refractivity contribution is 0.696. The van der Waals surface area contributed by atoms with Crippen molar-refractivity contribution in [1.82, 2.24) is 4.37 Å². The molecule has 0 amide bonds. The standard InChI is InChI=1S/C9H12N4S/c1-5(6-2-3-6)12-9-7(4-10)8(11)13-14-9/h5-6,12H,2-3H2,1H3,(H2,11,13). The maximum absolute atomic E-state index is 8.85. The second-order valence-electron chi connectivity index (χ2n) is 3.65. The van der Waals surface area contributed by atoms with Gasteiger partial charge in [0.15, 0.2) is 5.82 Å². The Bertz CT molecular complexity index is 375. The highest BCUT2D eigenvalue weighted by Gasteiger charge is 2.28. The van der Waals surface area contributed by atoms with Crippen molar-refractivity contribution >= 4 is 22.4 Å². The molecule has 1 fully saturated rings. The number of nitrogens with two attached hydrogens (primary N) is 1. The van der Waals surface area contributed by atoms with Crippen LogP contribution in [0.25, 0.3) is 0 Å². The summed E-state index contributed by atoms with van der Waals surface area (Å²) in [5, 5.41) is 13.0. The van der Waals surface area contributed by atoms with E-state index >= 15 is 0 Å². The number of nitrogens with one attached hydrogen (secondary N) is 1. The number of hydrogen-bond acceptors (Lipinski definition) is 5. The first-order chi connectivity index (χ1) is 6.72. The molecule has 1 atom stereocenters. The highest BCUT2D eigenvalue weighted by Crippen LogP contribution is 2.35. The third-order valence-electron chi connectivity index (χ3n) is 2.52. The summed E-state index contributed by atoms with van der Waals surface area (Å²) >= 11 is 1.27. The van der Waals surface area contributed by atoms with Crippen molar-refractivity contribution in [2.45, 2.75) is 25.8 Å². The summed E-state index contributed by atoms with van der Waals surface area (Å²) < 4.78 is 3.95. The molecule has 0 spiro atoms. The van der Waals surface area contributed by atoms with E-state index in [1.807, 2.05) is 0 Å². The van der Waals surface area contributed by atoms with Gasteiger partial charge in [-0.25, -0.2) is 0 Å². The SMILES string of the molecule is CC(Nc1snc(N)c1C#N)C1CC1. The van der Waals surface area contributed by atoms with E-state index in [1.54, 1.807) is 0 Å². The molecule has 0 saturated heterocycles. The highest BCUT2D eigenvalue weighted by molar-refractivity contribution is 7.10. The fourth-order valence-electron chi connectivity index (χ4n) is 1.43. The zero-order valence-electron chi connectivity index (χ0n) is 7.95. The first-order valence-electron chi connectivity index (χ1n) is 4.64. The van der Waals surface area contributed by atoms with Crippen molar-refractivity contribution < 1.29 is 0 Å². The summed E-state index contributed by atoms with van der Waals surface area (Å²) in [7, 11) is 0. The number of anilines is 2. The Morgan fingerprint density at radius 3 is 3.00 bits per heavy atom. The van der Waals surface area contributed by atoms with Crippen LogP contribution < -0.4 is 11.1 Å². The minimum Gasteiger partial charge on any atom is -0.382 e. The average molecular weight is 208 g/mol. The first kappa shape index (κ1) is 9.28. The van der Waals surface area contributed by atoms with Gasteiger partial charge in [-0.05, 0) is 37.2 Å². The Balaban J connectivity index is 2.12. The van der Waals surface area contributed by atoms with Crippen LogP contribution in [-0.4, -0.2) is 10.4 Å². The third kappa shape index (κ3) is 1.66. The van der Waals surface area contributed by atoms with Gasteiger partial charge in [0.1, 0.15) is 16.6 Å². The fraction of sp³-hybridized carbons (Fsp3) is 0.556. The summed E-state index contributed by atoms with van der Waals surface area (Å²) in [5.74, 6) is 1.09. The van der Waals surface area contributed by atoms with Crippen LogP contribution >= 0.6 is 11.5 Å². The molecular weight excluding hydrogens is 196 g/mol. The zero-order chi connectivity index (χ0) is 10.1. The van der Waals surface area contributed by atoms with Gasteiger partial charge in [0.25, 0.3) is 0 Å². The van der Waals surface area contributed by atoms with Crippen LogP contribution in [0.1, 0.15) is 25.3 Å². The van der Waals surface area contributed by atoms with Gasteiger partial charge in [-0.3, -0.25) is 0 Å². The van der Waals surface area contributed by atoms with Crippen molar-refractivity contribution in [3.05, 3.63) is 5.56 Å². The van der Waals surface area contributed by atoms with Gasteiger partial charge in [0.05, 0.1) is 0 Å². The van der Waals surface area contributed by atoms with Crippen LogP contribution in [0, 0.1) is 17.2 Å². The van der Waals surface area contributed by atoms with Crippen LogP contribution in [0.15, 0.2) is 0 Å². The van der Waals surface area contributed by atoms with Crippen LogP contribution in [0.3, 0.4) is 0 Å². The second kappa shape index (κ2) is 3.46. The highest BCUT2D eigenvalue weighted by atomic mass is 32.1. The van der Waals surface area contributed by atoms with Gasteiger partial charge < -0.3 is 11.1 Å². The van der Waals surface area contributed by atoms with Crippen molar-refractivity contribution in [3.63, 3.8) is 0 Å². The Morgan fingerprint density at radius 2 is 2.43 bits per heavy atom. The molecule has 1 aliphatic carbocycles. The molecule has 5 heteroatoms. The van der Waals surface area contributed by atoms with Gasteiger partial charge in [-0.2, -0.15) is 9.64 Å². The predicted octanol–water partition coefficient (Wildman–Crippen LogP) is 1.81. The van der Waals surface area contributed by atoms with Crippen molar-refractivity contribution in [2.24, 2.45) is 5.92 Å². The van der Waals surface area contributed by atoms with E-state index in [0.29, 0.717) is 17.4 Å². The molecule has 1 aromatic rings. The summed E-state index contributed by atoms with van der Waals surface area (Å²) in [4.78, 5) is 0. The molecule has 1 saturated carbocycles. The van der Waals surface area contributed by atoms with E-state index in [-0.39, 0.29) is 0 Å². The second-order valence-corrected chi connectivity index (χ2v) is 4.43. The van der Waals surface area contributed by atoms with Gasteiger partial charge in [0, 0.05) is 6.04 Å². The molecule has 3 N–H and O–H groups in total. The zero-order valence-corrected chi connectivity index (χ0v) is 8.77. The smallest absolute Gasteiger partial charge is 0.157 e. The molecule has 0 aliphatic heterocycles. The Hall–Kier alpha value is -1.28. The minimum absolute atomic E-state index is 0.336. The number of rotatable bonds is 3. The summed E-state index contributed by atoms with van der Waals surface area (Å²) in [6.45, 7) is 2.13. The Kier molecular flexibility index (Phi) is 2.30. The molecular formula is C9H12N4S. The maximum Gasteiger partial charge on any atom is 0.157 e. The molecule has 0 bridgehead atoms. The molecule has 74 valence electrons. The number of aromatic nitrogens is 1. The van der Waals surface area contributed by atoms with E-state index in [1.165, 1.54) is 24.4 Å². The van der Waals surface area contributed by atoms with E-state index < -0.39 is 0 Å². The molecule has 14 heavy (non-hydrogen) atoms. The van der Waals surface area contributed by atoms with Crippen LogP contribution in [-0.2, 0) is 0 Å². The molecule has 2 rings (SSSR count). The lowest BCUT2D eigenvalue weighted by Gasteiger charge is -2.11. The lowest BCUT2D eigenvalue weighted by atomic mass is 10.2. The van der Waals surface area contributed by atoms with E-state index in [0.717, 1.165) is 10.9 Å². The van der Waals surface area contributed by atoms with Crippen LogP contribution in [0.4, 0.5) is 10.8 Å². The quantitative estimate of drug-likeness (QED) is 0.794. The largest absolute Gasteiger partial charge is 0.382 e. The molecule has 1 unspecified atom stereocenters. The van der Waals surface area contributed by atoms with E-state index in [9.17, 15) is 0 Å². The van der Waals surface area contributed by atoms with Crippen molar-refractivity contribution in [3.8, 4) is 6.07 Å². The molecule has 1 aliphatic rings. The average Bonchev–Trinajstić information content (AvgIpc) is 2.93. The fourth-order valence-corrected chi connectivity index (χ4v) is 2.19. The van der Waals surface area contributed by atoms with Gasteiger partial charge in [-0.1, -0.05) is 0 Å². The molecule has 0 radical (unpaired) electrons. The predicted molar refractivity (Wildman–Crippen MR) is 57.1 cm³/mol. The number of nitrogen functional groups attached to an aromatic ring is 1. The molecule has 0 aromatic carbocycles. The molecule has 1 aromatic heterocycles. The monoisotopic (exact) mass is 208 g/mol. The van der Waals surface area contributed by atoms with Crippen LogP contribution in [0.2, 0.25) is 0 Å². The first-order valence-corrected chi connectivity index (χ1v) is 5.41. The number of nitriles is 1. The third-order valence-corrected chi connectivity index (χ3v) is 3.31. The summed E-state index contributed by atoms with van der Waals surface area (Å²) in [5.41, 5.74) is 6.04. The van der Waals surface area contributed by atoms with Crippen molar-refractivity contribution in [1.29, 1.82) is 5.26 Å². The van der Waals surface area contributed by atoms with Crippen molar-refractivity contribution in [2.75, 3.05) is 11.1 Å². The summed E-state index contributed by atoms with van der Waals surface area (Å²) in [6, 6.07) is 2.49. The lowest BCUT2D eigenvalue weighted by Crippen LogP contribution is -2.16. The molecule has 1 heterocycles. The minimum atomic E-state index is 0.336. The topological polar surface area (TPSA) is 74.7 Å². The Morgan fingerprint density at radius 1 is 1.71 bits per heavy atom. The van der Waals surface area contributed by atoms with Gasteiger partial charge >= 0.3 is 0 Å². The van der Waals surface area contributed by atoms with Crippen LogP contribution in [0.5, 0.6) is 0 Å². The normalized spacial score (nSPS) is 17.4.